The van der Waals surface area contributed by atoms with Crippen molar-refractivity contribution in [2.75, 3.05) is 31.1 Å². The average Bonchev–Trinajstić information content (AvgIpc) is 3.56. The maximum atomic E-state index is 4.98. The van der Waals surface area contributed by atoms with Gasteiger partial charge >= 0.3 is 0 Å². The molecule has 2 fully saturated rings. The second kappa shape index (κ2) is 6.91. The summed E-state index contributed by atoms with van der Waals surface area (Å²) in [5.41, 5.74) is 4.55. The fraction of sp³-hybridized carbons (Fsp3) is 0.364. The molecule has 6 heterocycles. The van der Waals surface area contributed by atoms with Gasteiger partial charge in [0, 0.05) is 49.9 Å². The second-order valence-electron chi connectivity index (χ2n) is 8.24. The van der Waals surface area contributed by atoms with Crippen LogP contribution in [0.2, 0.25) is 0 Å². The molecule has 4 aromatic rings. The Bertz CT molecular complexity index is 1200. The Labute approximate surface area is 174 Å². The number of aryl methyl sites for hydroxylation is 1. The number of hydrogen-bond donors (Lipinski definition) is 2. The predicted molar refractivity (Wildman–Crippen MR) is 116 cm³/mol. The molecular weight excluding hydrogens is 376 g/mol. The van der Waals surface area contributed by atoms with Crippen LogP contribution in [0.3, 0.4) is 0 Å². The molecule has 0 spiro atoms. The van der Waals surface area contributed by atoms with E-state index in [0.717, 1.165) is 83.9 Å². The highest BCUT2D eigenvalue weighted by Gasteiger charge is 2.36. The number of nitrogens with zero attached hydrogens (tertiary/aromatic N) is 6. The van der Waals surface area contributed by atoms with Gasteiger partial charge < -0.3 is 10.2 Å². The molecule has 6 rings (SSSR count). The third-order valence-electron chi connectivity index (χ3n) is 6.39. The van der Waals surface area contributed by atoms with Crippen LogP contribution in [0.1, 0.15) is 6.92 Å². The first-order valence-corrected chi connectivity index (χ1v) is 10.6. The zero-order chi connectivity index (χ0) is 20.1. The van der Waals surface area contributed by atoms with Gasteiger partial charge in [-0.25, -0.2) is 4.98 Å². The molecule has 0 unspecified atom stereocenters. The van der Waals surface area contributed by atoms with Crippen molar-refractivity contribution in [3.05, 3.63) is 42.9 Å². The van der Waals surface area contributed by atoms with Crippen LogP contribution in [0.4, 0.5) is 5.82 Å². The number of rotatable bonds is 4. The summed E-state index contributed by atoms with van der Waals surface area (Å²) in [6.07, 6.45) is 5.71. The fourth-order valence-corrected chi connectivity index (χ4v) is 4.71. The van der Waals surface area contributed by atoms with E-state index in [1.54, 1.807) is 0 Å². The minimum absolute atomic E-state index is 0.735. The molecule has 2 saturated heterocycles. The number of fused-ring (bicyclic) bond motifs is 2. The van der Waals surface area contributed by atoms with Gasteiger partial charge in [-0.05, 0) is 37.0 Å². The minimum atomic E-state index is 0.735. The molecule has 8 heteroatoms. The van der Waals surface area contributed by atoms with E-state index in [9.17, 15) is 0 Å². The Hall–Kier alpha value is -3.26. The fourth-order valence-electron chi connectivity index (χ4n) is 4.71. The molecule has 2 aliphatic rings. The lowest BCUT2D eigenvalue weighted by atomic mass is 10.0. The maximum Gasteiger partial charge on any atom is 0.129 e. The summed E-state index contributed by atoms with van der Waals surface area (Å²) in [6, 6.07) is 8.30. The molecule has 0 radical (unpaired) electrons. The van der Waals surface area contributed by atoms with Crippen LogP contribution in [0.15, 0.2) is 42.9 Å². The number of anilines is 1. The molecular formula is C22H24N8. The van der Waals surface area contributed by atoms with Crippen molar-refractivity contribution in [3.8, 4) is 22.6 Å². The van der Waals surface area contributed by atoms with E-state index in [-0.39, 0.29) is 0 Å². The molecule has 0 bridgehead atoms. The number of nitrogens with one attached hydrogen (secondary N) is 2. The monoisotopic (exact) mass is 400 g/mol. The highest BCUT2D eigenvalue weighted by atomic mass is 15.3. The first kappa shape index (κ1) is 17.6. The molecule has 0 aliphatic carbocycles. The second-order valence-corrected chi connectivity index (χ2v) is 8.24. The van der Waals surface area contributed by atoms with E-state index in [4.69, 9.17) is 4.98 Å². The van der Waals surface area contributed by atoms with Crippen LogP contribution in [-0.4, -0.2) is 56.1 Å². The number of aromatic nitrogens is 6. The highest BCUT2D eigenvalue weighted by molar-refractivity contribution is 5.93. The van der Waals surface area contributed by atoms with Crippen molar-refractivity contribution in [3.63, 3.8) is 0 Å². The van der Waals surface area contributed by atoms with Crippen LogP contribution in [0, 0.1) is 11.8 Å². The Balaban J connectivity index is 1.36. The van der Waals surface area contributed by atoms with Crippen molar-refractivity contribution in [2.24, 2.45) is 11.8 Å². The normalized spacial score (nSPS) is 20.9. The maximum absolute atomic E-state index is 4.98. The molecule has 30 heavy (non-hydrogen) atoms. The van der Waals surface area contributed by atoms with Gasteiger partial charge in [-0.1, -0.05) is 6.07 Å². The third-order valence-corrected chi connectivity index (χ3v) is 6.39. The Kier molecular flexibility index (Phi) is 4.05. The van der Waals surface area contributed by atoms with Gasteiger partial charge in [-0.3, -0.25) is 14.8 Å². The lowest BCUT2D eigenvalue weighted by Crippen LogP contribution is -2.26. The number of aromatic amines is 1. The standard InChI is InChI=1S/C22H24N8/c1-2-30-13-16(9-25-30)19-6-17-20(10-24-19)27-28-22(17)18-4-3-5-21(26-18)29-11-14-7-23-8-15(14)12-29/h3-6,9-10,13-15,23H,2,7-8,11-12H2,1H3,(H,27,28)/t14-,15+. The molecule has 8 nitrogen and oxygen atoms in total. The first-order chi connectivity index (χ1) is 14.8. The van der Waals surface area contributed by atoms with Crippen molar-refractivity contribution in [1.29, 1.82) is 0 Å². The quantitative estimate of drug-likeness (QED) is 0.547. The van der Waals surface area contributed by atoms with Crippen molar-refractivity contribution < 1.29 is 0 Å². The minimum Gasteiger partial charge on any atom is -0.356 e. The van der Waals surface area contributed by atoms with Gasteiger partial charge in [0.2, 0.25) is 0 Å². The number of H-pyrrole nitrogens is 1. The summed E-state index contributed by atoms with van der Waals surface area (Å²) >= 11 is 0. The SMILES string of the molecule is CCn1cc(-c2cc3c(-c4cccc(N5C[C@H]6CNC[C@H]6C5)n4)n[nH]c3cn2)cn1. The number of hydrogen-bond acceptors (Lipinski definition) is 6. The van der Waals surface area contributed by atoms with Crippen LogP contribution in [0.5, 0.6) is 0 Å². The van der Waals surface area contributed by atoms with Crippen LogP contribution < -0.4 is 10.2 Å². The van der Waals surface area contributed by atoms with E-state index >= 15 is 0 Å². The molecule has 2 N–H and O–H groups in total. The van der Waals surface area contributed by atoms with Crippen molar-refractivity contribution in [1.82, 2.24) is 35.3 Å². The Morgan fingerprint density at radius 1 is 1.10 bits per heavy atom. The zero-order valence-corrected chi connectivity index (χ0v) is 16.9. The van der Waals surface area contributed by atoms with E-state index in [0.29, 0.717) is 0 Å². The average molecular weight is 400 g/mol. The molecule has 4 aromatic heterocycles. The van der Waals surface area contributed by atoms with Crippen molar-refractivity contribution in [2.45, 2.75) is 13.5 Å². The summed E-state index contributed by atoms with van der Waals surface area (Å²) < 4.78 is 1.91. The molecule has 152 valence electrons. The van der Waals surface area contributed by atoms with Gasteiger partial charge in [-0.15, -0.1) is 0 Å². The molecule has 2 atom stereocenters. The van der Waals surface area contributed by atoms with Gasteiger partial charge in [0.1, 0.15) is 11.5 Å². The third kappa shape index (κ3) is 2.87. The molecule has 2 aliphatic heterocycles. The highest BCUT2D eigenvalue weighted by Crippen LogP contribution is 2.32. The lowest BCUT2D eigenvalue weighted by Gasteiger charge is -2.19. The topological polar surface area (TPSA) is 87.5 Å². The smallest absolute Gasteiger partial charge is 0.129 e. The summed E-state index contributed by atoms with van der Waals surface area (Å²) in [5, 5.41) is 16.6. The van der Waals surface area contributed by atoms with Crippen LogP contribution >= 0.6 is 0 Å². The van der Waals surface area contributed by atoms with Crippen LogP contribution in [-0.2, 0) is 6.54 Å². The molecule has 0 aromatic carbocycles. The van der Waals surface area contributed by atoms with E-state index < -0.39 is 0 Å². The van der Waals surface area contributed by atoms with E-state index in [2.05, 4.69) is 55.6 Å². The van der Waals surface area contributed by atoms with Crippen molar-refractivity contribution >= 4 is 16.7 Å². The van der Waals surface area contributed by atoms with Gasteiger partial charge in [-0.2, -0.15) is 10.2 Å². The predicted octanol–water partition coefficient (Wildman–Crippen LogP) is 2.56. The van der Waals surface area contributed by atoms with Gasteiger partial charge in [0.05, 0.1) is 29.3 Å². The Morgan fingerprint density at radius 3 is 2.77 bits per heavy atom. The summed E-state index contributed by atoms with van der Waals surface area (Å²) in [4.78, 5) is 12.0. The molecule has 0 amide bonds. The summed E-state index contributed by atoms with van der Waals surface area (Å²) in [7, 11) is 0. The van der Waals surface area contributed by atoms with Gasteiger partial charge in [0.15, 0.2) is 0 Å². The first-order valence-electron chi connectivity index (χ1n) is 10.6. The van der Waals surface area contributed by atoms with E-state index in [1.165, 1.54) is 0 Å². The van der Waals surface area contributed by atoms with E-state index in [1.807, 2.05) is 29.3 Å². The van der Waals surface area contributed by atoms with Crippen LogP contribution in [0.25, 0.3) is 33.5 Å². The Morgan fingerprint density at radius 2 is 1.97 bits per heavy atom. The summed E-state index contributed by atoms with van der Waals surface area (Å²) in [6.45, 7) is 7.30. The largest absolute Gasteiger partial charge is 0.356 e. The van der Waals surface area contributed by atoms with Gasteiger partial charge in [0.25, 0.3) is 0 Å². The zero-order valence-electron chi connectivity index (χ0n) is 16.9. The molecule has 0 saturated carbocycles. The lowest BCUT2D eigenvalue weighted by molar-refractivity contribution is 0.533. The number of pyridine rings is 2. The summed E-state index contributed by atoms with van der Waals surface area (Å²) in [5.74, 6) is 2.51.